The minimum absolute atomic E-state index is 0.0261. The van der Waals surface area contributed by atoms with Crippen molar-refractivity contribution >= 4 is 15.9 Å². The fraction of sp³-hybridized carbons (Fsp3) is 0.406. The Balaban J connectivity index is 1.46. The van der Waals surface area contributed by atoms with Gasteiger partial charge in [-0.05, 0) is 85.9 Å². The van der Waals surface area contributed by atoms with E-state index in [-0.39, 0.29) is 35.0 Å². The summed E-state index contributed by atoms with van der Waals surface area (Å²) in [4.78, 5) is 15.4. The molecule has 3 aromatic rings. The second-order valence-electron chi connectivity index (χ2n) is 11.2. The van der Waals surface area contributed by atoms with Gasteiger partial charge in [0.2, 0.25) is 10.0 Å². The number of rotatable bonds is 13. The Kier molecular flexibility index (Phi) is 11.0. The molecule has 3 N–H and O–H groups in total. The number of likely N-dealkylation sites (tertiary alicyclic amines) is 1. The standard InChI is InChI=1S/C32H40F2N4O4S/c1-4-22-6-5-7-23(14-22)19-35-20-31(39)30(17-24-15-26(33)18-27(34)16-24)36-32(40)25-8-10-29(11-9-25)43(41,42)38(3)28-12-13-37(2)21-28/h5-11,14-16,18,28,30-31,35,39H,4,12-13,17,19-21H2,1-3H3,(H,36,40)/t28?,30-,31+/m0/s1. The maximum absolute atomic E-state index is 13.9. The number of hydrogen-bond donors (Lipinski definition) is 3. The predicted molar refractivity (Wildman–Crippen MR) is 162 cm³/mol. The molecule has 0 bridgehead atoms. The summed E-state index contributed by atoms with van der Waals surface area (Å²) in [5.41, 5.74) is 2.70. The van der Waals surface area contributed by atoms with Crippen LogP contribution >= 0.6 is 0 Å². The van der Waals surface area contributed by atoms with Crippen molar-refractivity contribution in [2.45, 2.75) is 55.8 Å². The van der Waals surface area contributed by atoms with Crippen LogP contribution < -0.4 is 10.6 Å². The molecule has 43 heavy (non-hydrogen) atoms. The average molecular weight is 615 g/mol. The fourth-order valence-electron chi connectivity index (χ4n) is 5.33. The quantitative estimate of drug-likeness (QED) is 0.273. The molecular formula is C32H40F2N4O4S. The van der Waals surface area contributed by atoms with Crippen molar-refractivity contribution < 1.29 is 27.1 Å². The van der Waals surface area contributed by atoms with E-state index in [1.807, 2.05) is 25.2 Å². The van der Waals surface area contributed by atoms with Crippen LogP contribution in [-0.4, -0.2) is 80.6 Å². The highest BCUT2D eigenvalue weighted by Gasteiger charge is 2.32. The zero-order chi connectivity index (χ0) is 31.1. The molecule has 0 aromatic heterocycles. The van der Waals surface area contributed by atoms with Crippen molar-refractivity contribution in [3.8, 4) is 0 Å². The van der Waals surface area contributed by atoms with Crippen molar-refractivity contribution in [2.75, 3.05) is 33.7 Å². The van der Waals surface area contributed by atoms with Gasteiger partial charge in [0, 0.05) is 44.4 Å². The van der Waals surface area contributed by atoms with Crippen LogP contribution in [0.4, 0.5) is 8.78 Å². The number of likely N-dealkylation sites (N-methyl/N-ethyl adjacent to an activating group) is 2. The fourth-order valence-corrected chi connectivity index (χ4v) is 6.71. The first kappa shape index (κ1) is 32.7. The summed E-state index contributed by atoms with van der Waals surface area (Å²) < 4.78 is 55.6. The minimum Gasteiger partial charge on any atom is -0.390 e. The first-order valence-electron chi connectivity index (χ1n) is 14.5. The lowest BCUT2D eigenvalue weighted by molar-refractivity contribution is 0.0829. The maximum atomic E-state index is 13.9. The summed E-state index contributed by atoms with van der Waals surface area (Å²) in [5.74, 6) is -2.06. The van der Waals surface area contributed by atoms with Crippen molar-refractivity contribution in [1.82, 2.24) is 19.8 Å². The van der Waals surface area contributed by atoms with Gasteiger partial charge in [0.05, 0.1) is 17.0 Å². The second kappa shape index (κ2) is 14.5. The SMILES string of the molecule is CCc1cccc(CNC[C@@H](O)[C@H](Cc2cc(F)cc(F)c2)NC(=O)c2ccc(S(=O)(=O)N(C)C3CCN(C)C3)cc2)c1. The van der Waals surface area contributed by atoms with E-state index in [4.69, 9.17) is 0 Å². The van der Waals surface area contributed by atoms with E-state index in [2.05, 4.69) is 28.5 Å². The van der Waals surface area contributed by atoms with Gasteiger partial charge in [0.1, 0.15) is 11.6 Å². The van der Waals surface area contributed by atoms with E-state index in [1.165, 1.54) is 34.1 Å². The van der Waals surface area contributed by atoms with Crippen molar-refractivity contribution in [2.24, 2.45) is 0 Å². The molecule has 3 aromatic carbocycles. The number of nitrogens with one attached hydrogen (secondary N) is 2. The molecule has 3 atom stereocenters. The molecule has 1 amide bonds. The lowest BCUT2D eigenvalue weighted by Gasteiger charge is -2.25. The van der Waals surface area contributed by atoms with Crippen molar-refractivity contribution in [1.29, 1.82) is 0 Å². The zero-order valence-electron chi connectivity index (χ0n) is 24.8. The van der Waals surface area contributed by atoms with Crippen LogP contribution in [0, 0.1) is 11.6 Å². The Bertz CT molecular complexity index is 1480. The van der Waals surface area contributed by atoms with E-state index < -0.39 is 39.7 Å². The monoisotopic (exact) mass is 614 g/mol. The number of benzene rings is 3. The number of hydrogen-bond acceptors (Lipinski definition) is 6. The summed E-state index contributed by atoms with van der Waals surface area (Å²) in [7, 11) is -0.242. The van der Waals surface area contributed by atoms with Gasteiger partial charge in [-0.3, -0.25) is 4.79 Å². The van der Waals surface area contributed by atoms with Crippen LogP contribution in [0.15, 0.2) is 71.6 Å². The maximum Gasteiger partial charge on any atom is 0.251 e. The third-order valence-corrected chi connectivity index (χ3v) is 9.84. The molecule has 1 unspecified atom stereocenters. The average Bonchev–Trinajstić information content (AvgIpc) is 3.41. The van der Waals surface area contributed by atoms with E-state index in [1.54, 1.807) is 7.05 Å². The van der Waals surface area contributed by atoms with Gasteiger partial charge in [-0.1, -0.05) is 31.2 Å². The smallest absolute Gasteiger partial charge is 0.251 e. The van der Waals surface area contributed by atoms with E-state index in [0.29, 0.717) is 13.1 Å². The van der Waals surface area contributed by atoms with Gasteiger partial charge in [0.15, 0.2) is 0 Å². The zero-order valence-corrected chi connectivity index (χ0v) is 25.6. The Labute approximate surface area is 252 Å². The van der Waals surface area contributed by atoms with Gasteiger partial charge in [-0.15, -0.1) is 0 Å². The minimum atomic E-state index is -3.76. The number of aryl methyl sites for hydroxylation is 1. The number of carbonyl (C=O) groups excluding carboxylic acids is 1. The van der Waals surface area contributed by atoms with Gasteiger partial charge in [-0.2, -0.15) is 4.31 Å². The molecule has 0 saturated carbocycles. The highest BCUT2D eigenvalue weighted by molar-refractivity contribution is 7.89. The van der Waals surface area contributed by atoms with Gasteiger partial charge in [-0.25, -0.2) is 17.2 Å². The van der Waals surface area contributed by atoms with E-state index >= 15 is 0 Å². The second-order valence-corrected chi connectivity index (χ2v) is 13.2. The van der Waals surface area contributed by atoms with Gasteiger partial charge >= 0.3 is 0 Å². The Morgan fingerprint density at radius 1 is 1.05 bits per heavy atom. The number of amides is 1. The van der Waals surface area contributed by atoms with Crippen LogP contribution in [0.1, 0.15) is 40.4 Å². The summed E-state index contributed by atoms with van der Waals surface area (Å²) in [6.07, 6.45) is 0.520. The molecule has 1 fully saturated rings. The number of nitrogens with zero attached hydrogens (tertiary/aromatic N) is 2. The highest BCUT2D eigenvalue weighted by atomic mass is 32.2. The molecule has 0 aliphatic carbocycles. The molecule has 8 nitrogen and oxygen atoms in total. The lowest BCUT2D eigenvalue weighted by atomic mass is 10.00. The topological polar surface area (TPSA) is 102 Å². The molecule has 0 spiro atoms. The van der Waals surface area contributed by atoms with Crippen molar-refractivity contribution in [3.63, 3.8) is 0 Å². The molecule has 1 aliphatic rings. The molecular weight excluding hydrogens is 574 g/mol. The van der Waals surface area contributed by atoms with Crippen LogP contribution in [0.25, 0.3) is 0 Å². The van der Waals surface area contributed by atoms with Crippen LogP contribution in [0.5, 0.6) is 0 Å². The third-order valence-electron chi connectivity index (χ3n) is 7.92. The lowest BCUT2D eigenvalue weighted by Crippen LogP contribution is -2.48. The highest BCUT2D eigenvalue weighted by Crippen LogP contribution is 2.22. The number of aliphatic hydroxyl groups excluding tert-OH is 1. The van der Waals surface area contributed by atoms with E-state index in [0.717, 1.165) is 43.1 Å². The molecule has 0 radical (unpaired) electrons. The first-order valence-corrected chi connectivity index (χ1v) is 15.9. The number of sulfonamides is 1. The summed E-state index contributed by atoms with van der Waals surface area (Å²) in [5, 5.41) is 17.0. The molecule has 4 rings (SSSR count). The first-order chi connectivity index (χ1) is 20.5. The van der Waals surface area contributed by atoms with Crippen molar-refractivity contribution in [3.05, 3.63) is 101 Å². The molecule has 11 heteroatoms. The Morgan fingerprint density at radius 2 is 1.72 bits per heavy atom. The summed E-state index contributed by atoms with van der Waals surface area (Å²) >= 11 is 0. The van der Waals surface area contributed by atoms with Crippen LogP contribution in [-0.2, 0) is 29.4 Å². The third kappa shape index (κ3) is 8.67. The largest absolute Gasteiger partial charge is 0.390 e. The predicted octanol–water partition coefficient (Wildman–Crippen LogP) is 3.34. The number of halogens is 2. The number of aliphatic hydroxyl groups is 1. The Morgan fingerprint density at radius 3 is 2.35 bits per heavy atom. The van der Waals surface area contributed by atoms with Crippen LogP contribution in [0.2, 0.25) is 0 Å². The number of carbonyl (C=O) groups is 1. The van der Waals surface area contributed by atoms with Crippen LogP contribution in [0.3, 0.4) is 0 Å². The normalized spacial score (nSPS) is 17.2. The van der Waals surface area contributed by atoms with Gasteiger partial charge in [0.25, 0.3) is 5.91 Å². The molecule has 1 heterocycles. The summed E-state index contributed by atoms with van der Waals surface area (Å²) in [6.45, 7) is 4.13. The molecule has 232 valence electrons. The molecule has 1 aliphatic heterocycles. The molecule has 1 saturated heterocycles. The Hall–Kier alpha value is -3.22. The van der Waals surface area contributed by atoms with E-state index in [9.17, 15) is 27.1 Å². The van der Waals surface area contributed by atoms with Gasteiger partial charge < -0.3 is 20.6 Å². The summed E-state index contributed by atoms with van der Waals surface area (Å²) in [6, 6.07) is 15.7.